The van der Waals surface area contributed by atoms with Crippen LogP contribution >= 0.6 is 0 Å². The van der Waals surface area contributed by atoms with Crippen LogP contribution < -0.4 is 15.8 Å². The van der Waals surface area contributed by atoms with Gasteiger partial charge in [0.15, 0.2) is 0 Å². The molecular weight excluding hydrogens is 449 g/mol. The number of nitrogens with one attached hydrogen (secondary N) is 1. The summed E-state index contributed by atoms with van der Waals surface area (Å²) in [5.74, 6) is 0.724. The Kier molecular flexibility index (Phi) is 7.05. The number of fused-ring (bicyclic) bond motifs is 1. The average Bonchev–Trinajstić information content (AvgIpc) is 2.80. The molecule has 2 aromatic heterocycles. The lowest BCUT2D eigenvalue weighted by Crippen LogP contribution is -2.30. The van der Waals surface area contributed by atoms with Gasteiger partial charge >= 0.3 is 5.97 Å². The molecule has 9 heteroatoms. The first-order valence-electron chi connectivity index (χ1n) is 11.9. The van der Waals surface area contributed by atoms with E-state index in [1.165, 1.54) is 12.1 Å². The van der Waals surface area contributed by atoms with E-state index in [4.69, 9.17) is 15.2 Å². The van der Waals surface area contributed by atoms with Crippen LogP contribution in [0.3, 0.4) is 0 Å². The monoisotopic (exact) mass is 481 g/mol. The Balaban J connectivity index is 1.44. The van der Waals surface area contributed by atoms with E-state index in [2.05, 4.69) is 20.3 Å². The van der Waals surface area contributed by atoms with E-state index in [0.717, 1.165) is 25.7 Å². The van der Waals surface area contributed by atoms with Crippen LogP contribution in [-0.4, -0.2) is 39.7 Å². The van der Waals surface area contributed by atoms with Gasteiger partial charge in [0, 0.05) is 24.1 Å². The van der Waals surface area contributed by atoms with Crippen molar-refractivity contribution in [3.63, 3.8) is 0 Å². The fraction of sp³-hybridized carbons (Fsp3) is 0.462. The maximum absolute atomic E-state index is 13.9. The Morgan fingerprint density at radius 3 is 2.57 bits per heavy atom. The van der Waals surface area contributed by atoms with Gasteiger partial charge in [-0.2, -0.15) is 0 Å². The molecular formula is C26H32FN5O3. The minimum Gasteiger partial charge on any atom is -0.494 e. The fourth-order valence-corrected chi connectivity index (χ4v) is 4.37. The molecule has 0 saturated heterocycles. The summed E-state index contributed by atoms with van der Waals surface area (Å²) in [6.45, 7) is 5.66. The number of methoxy groups -OCH3 is 1. The van der Waals surface area contributed by atoms with Gasteiger partial charge in [-0.25, -0.2) is 19.3 Å². The summed E-state index contributed by atoms with van der Waals surface area (Å²) in [6, 6.07) is 6.51. The topological polar surface area (TPSA) is 112 Å². The summed E-state index contributed by atoms with van der Waals surface area (Å²) in [4.78, 5) is 25.8. The number of aromatic nitrogens is 3. The summed E-state index contributed by atoms with van der Waals surface area (Å²) < 4.78 is 25.0. The molecule has 1 fully saturated rings. The molecule has 3 aromatic rings. The highest BCUT2D eigenvalue weighted by molar-refractivity contribution is 5.84. The second kappa shape index (κ2) is 10.0. The minimum atomic E-state index is -0.500. The first-order chi connectivity index (χ1) is 16.6. The quantitative estimate of drug-likeness (QED) is 0.368. The predicted octanol–water partition coefficient (Wildman–Crippen LogP) is 5.12. The third kappa shape index (κ3) is 6.15. The number of benzene rings is 1. The van der Waals surface area contributed by atoms with E-state index in [1.807, 2.05) is 20.8 Å². The van der Waals surface area contributed by atoms with Crippen LogP contribution in [0.25, 0.3) is 22.3 Å². The van der Waals surface area contributed by atoms with Gasteiger partial charge in [0.1, 0.15) is 28.2 Å². The number of nitrogens with zero attached hydrogens (tertiary/aromatic N) is 3. The van der Waals surface area contributed by atoms with Crippen LogP contribution in [0.5, 0.6) is 5.75 Å². The van der Waals surface area contributed by atoms with Gasteiger partial charge in [0.2, 0.25) is 5.95 Å². The van der Waals surface area contributed by atoms with E-state index in [-0.39, 0.29) is 17.7 Å². The summed E-state index contributed by atoms with van der Waals surface area (Å²) in [5.41, 5.74) is 7.46. The van der Waals surface area contributed by atoms with Crippen molar-refractivity contribution in [1.82, 2.24) is 15.0 Å². The molecule has 1 saturated carbocycles. The van der Waals surface area contributed by atoms with Crippen LogP contribution in [0.2, 0.25) is 0 Å². The van der Waals surface area contributed by atoms with Crippen LogP contribution in [0.15, 0.2) is 30.5 Å². The summed E-state index contributed by atoms with van der Waals surface area (Å²) in [5, 5.41) is 3.41. The average molecular weight is 482 g/mol. The first kappa shape index (κ1) is 24.6. The largest absolute Gasteiger partial charge is 0.494 e. The van der Waals surface area contributed by atoms with Gasteiger partial charge < -0.3 is 20.5 Å². The molecule has 0 amide bonds. The standard InChI is InChI=1S/C26H32FN5O3/c1-26(2,3)35-23(33)11-15-5-8-17(9-6-15)30-25-29-14-21-24(32-25)22(34-4)13-20(31-21)16-7-10-19(28)18(27)12-16/h7,10,12-15,17H,5-6,8-9,11,28H2,1-4H3,(H,29,30,32). The van der Waals surface area contributed by atoms with Crippen LogP contribution in [0, 0.1) is 11.7 Å². The van der Waals surface area contributed by atoms with E-state index in [0.29, 0.717) is 46.3 Å². The molecule has 1 aliphatic rings. The molecule has 4 rings (SSSR count). The zero-order valence-corrected chi connectivity index (χ0v) is 20.6. The highest BCUT2D eigenvalue weighted by Crippen LogP contribution is 2.32. The number of nitrogens with two attached hydrogens (primary N) is 1. The number of hydrogen-bond donors (Lipinski definition) is 2. The fourth-order valence-electron chi connectivity index (χ4n) is 4.37. The second-order valence-electron chi connectivity index (χ2n) is 10.0. The highest BCUT2D eigenvalue weighted by atomic mass is 19.1. The summed E-state index contributed by atoms with van der Waals surface area (Å²) in [6.07, 6.45) is 5.82. The molecule has 0 spiro atoms. The molecule has 1 aliphatic carbocycles. The van der Waals surface area contributed by atoms with Crippen molar-refractivity contribution in [3.8, 4) is 17.0 Å². The Morgan fingerprint density at radius 2 is 1.91 bits per heavy atom. The SMILES string of the molecule is COc1cc(-c2ccc(N)c(F)c2)nc2cnc(NC3CCC(CC(=O)OC(C)(C)C)CC3)nc12. The number of halogens is 1. The third-order valence-electron chi connectivity index (χ3n) is 6.08. The van der Waals surface area contributed by atoms with Crippen molar-refractivity contribution in [2.75, 3.05) is 18.2 Å². The molecule has 0 bridgehead atoms. The number of pyridine rings is 1. The van der Waals surface area contributed by atoms with Gasteiger partial charge in [0.05, 0.1) is 24.7 Å². The van der Waals surface area contributed by atoms with Crippen molar-refractivity contribution in [2.24, 2.45) is 5.92 Å². The number of ether oxygens (including phenoxy) is 2. The predicted molar refractivity (Wildman–Crippen MR) is 134 cm³/mol. The molecule has 0 radical (unpaired) electrons. The zero-order chi connectivity index (χ0) is 25.2. The normalized spacial score (nSPS) is 18.3. The third-order valence-corrected chi connectivity index (χ3v) is 6.08. The Morgan fingerprint density at radius 1 is 1.17 bits per heavy atom. The number of carbonyl (C=O) groups excluding carboxylic acids is 1. The van der Waals surface area contributed by atoms with Gasteiger partial charge in [-0.15, -0.1) is 0 Å². The van der Waals surface area contributed by atoms with E-state index >= 15 is 0 Å². The molecule has 1 aromatic carbocycles. The number of carbonyl (C=O) groups is 1. The van der Waals surface area contributed by atoms with Gasteiger partial charge in [-0.05, 0) is 64.5 Å². The maximum atomic E-state index is 13.9. The molecule has 3 N–H and O–H groups in total. The highest BCUT2D eigenvalue weighted by Gasteiger charge is 2.26. The Bertz CT molecular complexity index is 1220. The lowest BCUT2D eigenvalue weighted by atomic mass is 9.84. The molecule has 186 valence electrons. The zero-order valence-electron chi connectivity index (χ0n) is 20.6. The summed E-state index contributed by atoms with van der Waals surface area (Å²) >= 11 is 0. The molecule has 2 heterocycles. The number of esters is 1. The maximum Gasteiger partial charge on any atom is 0.306 e. The first-order valence-corrected chi connectivity index (χ1v) is 11.9. The number of anilines is 2. The van der Waals surface area contributed by atoms with Crippen molar-refractivity contribution >= 4 is 28.6 Å². The Hall–Kier alpha value is -3.49. The molecule has 0 aliphatic heterocycles. The Labute approximate surface area is 204 Å². The minimum absolute atomic E-state index is 0.0828. The van der Waals surface area contributed by atoms with Gasteiger partial charge in [-0.3, -0.25) is 4.79 Å². The van der Waals surface area contributed by atoms with E-state index in [1.54, 1.807) is 25.4 Å². The van der Waals surface area contributed by atoms with Crippen molar-refractivity contribution in [2.45, 2.75) is 64.5 Å². The smallest absolute Gasteiger partial charge is 0.306 e. The van der Waals surface area contributed by atoms with Crippen LogP contribution in [-0.2, 0) is 9.53 Å². The van der Waals surface area contributed by atoms with Gasteiger partial charge in [0.25, 0.3) is 0 Å². The molecule has 35 heavy (non-hydrogen) atoms. The molecule has 0 unspecified atom stereocenters. The van der Waals surface area contributed by atoms with E-state index < -0.39 is 11.4 Å². The van der Waals surface area contributed by atoms with Crippen molar-refractivity contribution in [1.29, 1.82) is 0 Å². The molecule has 8 nitrogen and oxygen atoms in total. The van der Waals surface area contributed by atoms with Gasteiger partial charge in [-0.1, -0.05) is 6.07 Å². The van der Waals surface area contributed by atoms with Crippen LogP contribution in [0.4, 0.5) is 16.0 Å². The number of hydrogen-bond acceptors (Lipinski definition) is 8. The number of nitrogen functional groups attached to an aromatic ring is 1. The lowest BCUT2D eigenvalue weighted by molar-refractivity contribution is -0.156. The number of rotatable bonds is 6. The van der Waals surface area contributed by atoms with Crippen molar-refractivity contribution in [3.05, 3.63) is 36.3 Å². The second-order valence-corrected chi connectivity index (χ2v) is 10.0. The lowest BCUT2D eigenvalue weighted by Gasteiger charge is -2.29. The molecule has 0 atom stereocenters. The summed E-state index contributed by atoms with van der Waals surface area (Å²) in [7, 11) is 1.56. The van der Waals surface area contributed by atoms with Crippen molar-refractivity contribution < 1.29 is 18.7 Å². The van der Waals surface area contributed by atoms with Crippen LogP contribution in [0.1, 0.15) is 52.9 Å². The van der Waals surface area contributed by atoms with E-state index in [9.17, 15) is 9.18 Å².